The number of methoxy groups -OCH3 is 2. The van der Waals surface area contributed by atoms with Crippen LogP contribution in [-0.4, -0.2) is 25.1 Å². The third-order valence-corrected chi connectivity index (χ3v) is 2.50. The van der Waals surface area contributed by atoms with Crippen LogP contribution >= 0.6 is 0 Å². The summed E-state index contributed by atoms with van der Waals surface area (Å²) in [5.41, 5.74) is 0.501. The molecule has 19 heavy (non-hydrogen) atoms. The summed E-state index contributed by atoms with van der Waals surface area (Å²) in [6.45, 7) is 1.67. The normalized spacial score (nSPS) is 10.1. The lowest BCUT2D eigenvalue weighted by Crippen LogP contribution is -2.11. The second kappa shape index (κ2) is 5.43. The van der Waals surface area contributed by atoms with Crippen molar-refractivity contribution in [2.45, 2.75) is 6.92 Å². The molecule has 100 valence electrons. The van der Waals surface area contributed by atoms with Crippen molar-refractivity contribution in [3.8, 4) is 11.5 Å². The molecule has 1 N–H and O–H groups in total. The molecule has 0 radical (unpaired) electrons. The number of aromatic nitrogens is 1. The van der Waals surface area contributed by atoms with Crippen LogP contribution in [-0.2, 0) is 0 Å². The number of carbonyl (C=O) groups is 1. The standard InChI is InChI=1S/C13H14N2O4/c1-8-14-7-12(19-8)13(16)15-10-6-9(17-2)4-5-11(10)18-3/h4-7H,1-3H3,(H,15,16). The Hall–Kier alpha value is -2.50. The van der Waals surface area contributed by atoms with Crippen molar-refractivity contribution in [2.75, 3.05) is 19.5 Å². The first-order valence-electron chi connectivity index (χ1n) is 5.60. The molecule has 0 fully saturated rings. The molecule has 1 amide bonds. The molecule has 0 aliphatic carbocycles. The summed E-state index contributed by atoms with van der Waals surface area (Å²) in [5.74, 6) is 1.33. The number of ether oxygens (including phenoxy) is 2. The van der Waals surface area contributed by atoms with Gasteiger partial charge in [0.2, 0.25) is 5.76 Å². The fourth-order valence-electron chi connectivity index (χ4n) is 1.56. The Morgan fingerprint density at radius 3 is 2.68 bits per heavy atom. The fraction of sp³-hybridized carbons (Fsp3) is 0.231. The molecule has 0 aliphatic heterocycles. The highest BCUT2D eigenvalue weighted by atomic mass is 16.5. The van der Waals surface area contributed by atoms with Gasteiger partial charge in [0, 0.05) is 13.0 Å². The highest BCUT2D eigenvalue weighted by Gasteiger charge is 2.14. The molecule has 0 spiro atoms. The molecule has 0 atom stereocenters. The van der Waals surface area contributed by atoms with E-state index in [9.17, 15) is 4.79 Å². The Balaban J connectivity index is 2.24. The number of nitrogens with zero attached hydrogens (tertiary/aromatic N) is 1. The van der Waals surface area contributed by atoms with Crippen LogP contribution in [0.4, 0.5) is 5.69 Å². The summed E-state index contributed by atoms with van der Waals surface area (Å²) in [6.07, 6.45) is 1.37. The van der Waals surface area contributed by atoms with Crippen LogP contribution in [0.3, 0.4) is 0 Å². The SMILES string of the molecule is COc1ccc(OC)c(NC(=O)c2cnc(C)o2)c1. The molecule has 2 rings (SSSR count). The number of hydrogen-bond donors (Lipinski definition) is 1. The van der Waals surface area contributed by atoms with E-state index in [1.807, 2.05) is 0 Å². The largest absolute Gasteiger partial charge is 0.497 e. The van der Waals surface area contributed by atoms with Crippen molar-refractivity contribution < 1.29 is 18.7 Å². The average Bonchev–Trinajstić information content (AvgIpc) is 2.85. The smallest absolute Gasteiger partial charge is 0.293 e. The summed E-state index contributed by atoms with van der Waals surface area (Å²) in [4.78, 5) is 15.8. The zero-order valence-electron chi connectivity index (χ0n) is 10.9. The van der Waals surface area contributed by atoms with Gasteiger partial charge in [0.25, 0.3) is 5.91 Å². The highest BCUT2D eigenvalue weighted by molar-refractivity contribution is 6.03. The lowest BCUT2D eigenvalue weighted by Gasteiger charge is -2.10. The van der Waals surface area contributed by atoms with E-state index in [1.165, 1.54) is 13.3 Å². The molecule has 6 nitrogen and oxygen atoms in total. The summed E-state index contributed by atoms with van der Waals surface area (Å²) in [7, 11) is 3.07. The van der Waals surface area contributed by atoms with Crippen LogP contribution in [0.1, 0.15) is 16.4 Å². The number of amides is 1. The van der Waals surface area contributed by atoms with Gasteiger partial charge in [0.15, 0.2) is 5.89 Å². The van der Waals surface area contributed by atoms with Crippen molar-refractivity contribution in [3.05, 3.63) is 36.0 Å². The van der Waals surface area contributed by atoms with E-state index in [0.717, 1.165) is 0 Å². The van der Waals surface area contributed by atoms with E-state index < -0.39 is 5.91 Å². The topological polar surface area (TPSA) is 73.6 Å². The lowest BCUT2D eigenvalue weighted by atomic mass is 10.2. The fourth-order valence-corrected chi connectivity index (χ4v) is 1.56. The predicted molar refractivity (Wildman–Crippen MR) is 68.7 cm³/mol. The van der Waals surface area contributed by atoms with Gasteiger partial charge in [0.05, 0.1) is 26.1 Å². The Labute approximate surface area is 110 Å². The molecule has 2 aromatic rings. The van der Waals surface area contributed by atoms with Gasteiger partial charge >= 0.3 is 0 Å². The van der Waals surface area contributed by atoms with Crippen molar-refractivity contribution in [2.24, 2.45) is 0 Å². The summed E-state index contributed by atoms with van der Waals surface area (Å²) in [6, 6.07) is 5.12. The Morgan fingerprint density at radius 1 is 1.32 bits per heavy atom. The van der Waals surface area contributed by atoms with E-state index in [0.29, 0.717) is 23.1 Å². The van der Waals surface area contributed by atoms with Crippen LogP contribution in [0.25, 0.3) is 0 Å². The van der Waals surface area contributed by atoms with Gasteiger partial charge in [-0.2, -0.15) is 0 Å². The van der Waals surface area contributed by atoms with E-state index in [2.05, 4.69) is 10.3 Å². The first-order chi connectivity index (χ1) is 9.13. The maximum atomic E-state index is 12.0. The minimum atomic E-state index is -0.396. The molecule has 0 unspecified atom stereocenters. The second-order valence-electron chi connectivity index (χ2n) is 3.76. The zero-order chi connectivity index (χ0) is 13.8. The first-order valence-corrected chi connectivity index (χ1v) is 5.60. The van der Waals surface area contributed by atoms with Crippen molar-refractivity contribution in [3.63, 3.8) is 0 Å². The third-order valence-electron chi connectivity index (χ3n) is 2.50. The van der Waals surface area contributed by atoms with Gasteiger partial charge in [-0.25, -0.2) is 4.98 Å². The molecule has 1 aromatic carbocycles. The number of anilines is 1. The number of oxazole rings is 1. The number of hydrogen-bond acceptors (Lipinski definition) is 5. The highest BCUT2D eigenvalue weighted by Crippen LogP contribution is 2.29. The van der Waals surface area contributed by atoms with Gasteiger partial charge in [-0.1, -0.05) is 0 Å². The molecule has 1 aromatic heterocycles. The van der Waals surface area contributed by atoms with Gasteiger partial charge < -0.3 is 19.2 Å². The van der Waals surface area contributed by atoms with E-state index in [4.69, 9.17) is 13.9 Å². The molecule has 0 aliphatic rings. The summed E-state index contributed by atoms with van der Waals surface area (Å²) < 4.78 is 15.4. The predicted octanol–water partition coefficient (Wildman–Crippen LogP) is 2.25. The van der Waals surface area contributed by atoms with Gasteiger partial charge in [-0.15, -0.1) is 0 Å². The Kier molecular flexibility index (Phi) is 3.70. The monoisotopic (exact) mass is 262 g/mol. The Morgan fingerprint density at radius 2 is 2.11 bits per heavy atom. The van der Waals surface area contributed by atoms with Crippen molar-refractivity contribution in [1.82, 2.24) is 4.98 Å². The van der Waals surface area contributed by atoms with Gasteiger partial charge in [-0.3, -0.25) is 4.79 Å². The average molecular weight is 262 g/mol. The maximum absolute atomic E-state index is 12.0. The zero-order valence-corrected chi connectivity index (χ0v) is 10.9. The third kappa shape index (κ3) is 2.85. The van der Waals surface area contributed by atoms with Crippen LogP contribution in [0.15, 0.2) is 28.8 Å². The van der Waals surface area contributed by atoms with Crippen molar-refractivity contribution in [1.29, 1.82) is 0 Å². The first kappa shape index (κ1) is 12.9. The van der Waals surface area contributed by atoms with E-state index >= 15 is 0 Å². The second-order valence-corrected chi connectivity index (χ2v) is 3.76. The number of carbonyl (C=O) groups excluding carboxylic acids is 1. The molecule has 0 saturated carbocycles. The van der Waals surface area contributed by atoms with Crippen molar-refractivity contribution >= 4 is 11.6 Å². The minimum Gasteiger partial charge on any atom is -0.497 e. The minimum absolute atomic E-state index is 0.141. The van der Waals surface area contributed by atoms with Crippen LogP contribution in [0.5, 0.6) is 11.5 Å². The number of aryl methyl sites for hydroxylation is 1. The quantitative estimate of drug-likeness (QED) is 0.914. The van der Waals surface area contributed by atoms with E-state index in [-0.39, 0.29) is 5.76 Å². The van der Waals surface area contributed by atoms with Gasteiger partial charge in [0.1, 0.15) is 11.5 Å². The molecule has 0 saturated heterocycles. The number of benzene rings is 1. The van der Waals surface area contributed by atoms with Crippen LogP contribution in [0.2, 0.25) is 0 Å². The number of nitrogens with one attached hydrogen (secondary N) is 1. The van der Waals surface area contributed by atoms with Crippen LogP contribution in [0, 0.1) is 6.92 Å². The molecular weight excluding hydrogens is 248 g/mol. The molecular formula is C13H14N2O4. The summed E-state index contributed by atoms with van der Waals surface area (Å²) >= 11 is 0. The molecule has 1 heterocycles. The Bertz CT molecular complexity index is 592. The number of rotatable bonds is 4. The summed E-state index contributed by atoms with van der Waals surface area (Å²) in [5, 5.41) is 2.69. The van der Waals surface area contributed by atoms with Gasteiger partial charge in [-0.05, 0) is 12.1 Å². The van der Waals surface area contributed by atoms with E-state index in [1.54, 1.807) is 32.2 Å². The van der Waals surface area contributed by atoms with Crippen LogP contribution < -0.4 is 14.8 Å². The lowest BCUT2D eigenvalue weighted by molar-refractivity contribution is 0.0995. The molecule has 0 bridgehead atoms. The maximum Gasteiger partial charge on any atom is 0.293 e. The molecule has 6 heteroatoms.